The molecule has 2 rings (SSSR count). The van der Waals surface area contributed by atoms with Crippen LogP contribution in [0.25, 0.3) is 0 Å². The van der Waals surface area contributed by atoms with Crippen molar-refractivity contribution in [3.8, 4) is 11.5 Å². The number of carbonyl (C=O) groups excluding carboxylic acids is 1. The molecule has 2 N–H and O–H groups in total. The lowest BCUT2D eigenvalue weighted by atomic mass is 10.1. The molecular weight excluding hydrogens is 320 g/mol. The van der Waals surface area contributed by atoms with Gasteiger partial charge in [-0.3, -0.25) is 4.79 Å². The summed E-state index contributed by atoms with van der Waals surface area (Å²) in [5.74, 6) is 1.90. The van der Waals surface area contributed by atoms with E-state index in [0.29, 0.717) is 19.0 Å². The highest BCUT2D eigenvalue weighted by Gasteiger charge is 2.16. The molecule has 0 saturated carbocycles. The average molecular weight is 344 g/mol. The van der Waals surface area contributed by atoms with E-state index >= 15 is 0 Å². The highest BCUT2D eigenvalue weighted by Crippen LogP contribution is 2.16. The summed E-state index contributed by atoms with van der Waals surface area (Å²) in [6, 6.07) is 7.38. The van der Waals surface area contributed by atoms with E-state index in [1.807, 2.05) is 45.0 Å². The van der Waals surface area contributed by atoms with E-state index in [1.165, 1.54) is 12.4 Å². The highest BCUT2D eigenvalue weighted by molar-refractivity contribution is 5.92. The smallest absolute Gasteiger partial charge is 0.271 e. The number of rotatable bonds is 7. The maximum atomic E-state index is 12.0. The first-order chi connectivity index (χ1) is 11.9. The number of anilines is 1. The summed E-state index contributed by atoms with van der Waals surface area (Å²) >= 11 is 0. The van der Waals surface area contributed by atoms with E-state index in [2.05, 4.69) is 20.6 Å². The van der Waals surface area contributed by atoms with Crippen molar-refractivity contribution in [1.29, 1.82) is 0 Å². The topological polar surface area (TPSA) is 85.4 Å². The van der Waals surface area contributed by atoms with Crippen LogP contribution < -0.4 is 20.1 Å². The molecular formula is C18H24N4O3. The summed E-state index contributed by atoms with van der Waals surface area (Å²) in [4.78, 5) is 20.3. The average Bonchev–Trinajstić information content (AvgIpc) is 2.58. The number of benzene rings is 1. The standard InChI is InChI=1S/C18H24N4O3/c1-18(2,3)22-17(23)15-11-21-16(12-20-15)19-9-10-25-14-7-5-13(24-4)6-8-14/h5-8,11-12H,9-10H2,1-4H3,(H,19,21)(H,22,23). The third-order valence-corrected chi connectivity index (χ3v) is 3.11. The second-order valence-electron chi connectivity index (χ2n) is 6.44. The van der Waals surface area contributed by atoms with Crippen molar-refractivity contribution in [3.05, 3.63) is 42.4 Å². The Balaban J connectivity index is 1.76. The van der Waals surface area contributed by atoms with Crippen LogP contribution in [0.3, 0.4) is 0 Å². The fraction of sp³-hybridized carbons (Fsp3) is 0.389. The van der Waals surface area contributed by atoms with Gasteiger partial charge in [-0.15, -0.1) is 0 Å². The Kier molecular flexibility index (Phi) is 6.16. The van der Waals surface area contributed by atoms with Gasteiger partial charge in [-0.2, -0.15) is 0 Å². The van der Waals surface area contributed by atoms with Crippen LogP contribution in [0.15, 0.2) is 36.7 Å². The van der Waals surface area contributed by atoms with Crippen LogP contribution in [0.1, 0.15) is 31.3 Å². The van der Waals surface area contributed by atoms with Crippen LogP contribution in [-0.2, 0) is 0 Å². The number of hydrogen-bond acceptors (Lipinski definition) is 6. The van der Waals surface area contributed by atoms with Gasteiger partial charge in [0.2, 0.25) is 0 Å². The number of methoxy groups -OCH3 is 1. The third-order valence-electron chi connectivity index (χ3n) is 3.11. The minimum atomic E-state index is -0.311. The molecule has 0 radical (unpaired) electrons. The third kappa shape index (κ3) is 6.29. The zero-order chi connectivity index (χ0) is 18.3. The summed E-state index contributed by atoms with van der Waals surface area (Å²) < 4.78 is 10.7. The summed E-state index contributed by atoms with van der Waals surface area (Å²) in [5.41, 5.74) is -0.0240. The summed E-state index contributed by atoms with van der Waals surface area (Å²) in [7, 11) is 1.62. The fourth-order valence-corrected chi connectivity index (χ4v) is 1.96. The van der Waals surface area contributed by atoms with Gasteiger partial charge in [0.05, 0.1) is 26.0 Å². The second kappa shape index (κ2) is 8.32. The monoisotopic (exact) mass is 344 g/mol. The summed E-state index contributed by atoms with van der Waals surface area (Å²) in [6.45, 7) is 6.78. The lowest BCUT2D eigenvalue weighted by molar-refractivity contribution is 0.0914. The first-order valence-electron chi connectivity index (χ1n) is 8.03. The molecule has 1 aromatic carbocycles. The first-order valence-corrected chi connectivity index (χ1v) is 8.03. The van der Waals surface area contributed by atoms with Crippen LogP contribution in [0.2, 0.25) is 0 Å². The number of nitrogens with one attached hydrogen (secondary N) is 2. The van der Waals surface area contributed by atoms with Crippen molar-refractivity contribution in [2.75, 3.05) is 25.6 Å². The van der Waals surface area contributed by atoms with E-state index in [-0.39, 0.29) is 17.1 Å². The molecule has 134 valence electrons. The Labute approximate surface area is 147 Å². The Morgan fingerprint density at radius 3 is 2.32 bits per heavy atom. The molecule has 0 aliphatic heterocycles. The molecule has 0 unspecified atom stereocenters. The lowest BCUT2D eigenvalue weighted by Crippen LogP contribution is -2.41. The lowest BCUT2D eigenvalue weighted by Gasteiger charge is -2.19. The normalized spacial score (nSPS) is 10.9. The number of amides is 1. The van der Waals surface area contributed by atoms with Crippen LogP contribution in [0, 0.1) is 0 Å². The molecule has 0 bridgehead atoms. The van der Waals surface area contributed by atoms with Crippen molar-refractivity contribution >= 4 is 11.7 Å². The largest absolute Gasteiger partial charge is 0.497 e. The Hall–Kier alpha value is -2.83. The van der Waals surface area contributed by atoms with Gasteiger partial charge in [-0.1, -0.05) is 0 Å². The van der Waals surface area contributed by atoms with E-state index in [9.17, 15) is 4.79 Å². The molecule has 25 heavy (non-hydrogen) atoms. The van der Waals surface area contributed by atoms with Crippen molar-refractivity contribution in [3.63, 3.8) is 0 Å². The molecule has 7 heteroatoms. The van der Waals surface area contributed by atoms with E-state index in [1.54, 1.807) is 7.11 Å². The quantitative estimate of drug-likeness (QED) is 0.751. The molecule has 0 spiro atoms. The molecule has 0 atom stereocenters. The zero-order valence-corrected chi connectivity index (χ0v) is 15.0. The van der Waals surface area contributed by atoms with Gasteiger partial charge in [-0.05, 0) is 45.0 Å². The predicted molar refractivity (Wildman–Crippen MR) is 96.2 cm³/mol. The van der Waals surface area contributed by atoms with Crippen LogP contribution in [0.4, 0.5) is 5.82 Å². The SMILES string of the molecule is COc1ccc(OCCNc2cnc(C(=O)NC(C)(C)C)cn2)cc1. The van der Waals surface area contributed by atoms with E-state index in [4.69, 9.17) is 9.47 Å². The predicted octanol–water partition coefficient (Wildman–Crippen LogP) is 2.50. The number of hydrogen-bond donors (Lipinski definition) is 2. The molecule has 1 heterocycles. The fourth-order valence-electron chi connectivity index (χ4n) is 1.96. The number of ether oxygens (including phenoxy) is 2. The van der Waals surface area contributed by atoms with Gasteiger partial charge in [-0.25, -0.2) is 9.97 Å². The molecule has 7 nitrogen and oxygen atoms in total. The molecule has 0 saturated heterocycles. The molecule has 0 aliphatic carbocycles. The highest BCUT2D eigenvalue weighted by atomic mass is 16.5. The van der Waals surface area contributed by atoms with Gasteiger partial charge in [0.25, 0.3) is 5.91 Å². The van der Waals surface area contributed by atoms with Gasteiger partial charge in [0.1, 0.15) is 29.6 Å². The van der Waals surface area contributed by atoms with E-state index in [0.717, 1.165) is 11.5 Å². The Bertz CT molecular complexity index is 679. The summed E-state index contributed by atoms with van der Waals surface area (Å²) in [6.07, 6.45) is 2.98. The maximum Gasteiger partial charge on any atom is 0.271 e. The van der Waals surface area contributed by atoms with Crippen molar-refractivity contribution < 1.29 is 14.3 Å². The molecule has 1 amide bonds. The van der Waals surface area contributed by atoms with Gasteiger partial charge >= 0.3 is 0 Å². The van der Waals surface area contributed by atoms with Crippen molar-refractivity contribution in [1.82, 2.24) is 15.3 Å². The van der Waals surface area contributed by atoms with E-state index < -0.39 is 0 Å². The molecule has 0 fully saturated rings. The number of carbonyl (C=O) groups is 1. The maximum absolute atomic E-state index is 12.0. The second-order valence-corrected chi connectivity index (χ2v) is 6.44. The number of nitrogens with zero attached hydrogens (tertiary/aromatic N) is 2. The Morgan fingerprint density at radius 2 is 1.76 bits per heavy atom. The molecule has 2 aromatic rings. The van der Waals surface area contributed by atoms with Crippen LogP contribution >= 0.6 is 0 Å². The molecule has 1 aromatic heterocycles. The van der Waals surface area contributed by atoms with Crippen LogP contribution in [-0.4, -0.2) is 41.7 Å². The zero-order valence-electron chi connectivity index (χ0n) is 15.0. The van der Waals surface area contributed by atoms with Crippen molar-refractivity contribution in [2.45, 2.75) is 26.3 Å². The first kappa shape index (κ1) is 18.5. The summed E-state index contributed by atoms with van der Waals surface area (Å²) in [5, 5.41) is 5.94. The van der Waals surface area contributed by atoms with Gasteiger partial charge in [0.15, 0.2) is 0 Å². The Morgan fingerprint density at radius 1 is 1.08 bits per heavy atom. The molecule has 0 aliphatic rings. The van der Waals surface area contributed by atoms with Crippen molar-refractivity contribution in [2.24, 2.45) is 0 Å². The van der Waals surface area contributed by atoms with Crippen LogP contribution in [0.5, 0.6) is 11.5 Å². The van der Waals surface area contributed by atoms with Gasteiger partial charge < -0.3 is 20.1 Å². The minimum absolute atomic E-state index is 0.241. The number of aromatic nitrogens is 2. The van der Waals surface area contributed by atoms with Gasteiger partial charge in [0, 0.05) is 5.54 Å². The minimum Gasteiger partial charge on any atom is -0.497 e.